The van der Waals surface area contributed by atoms with E-state index in [4.69, 9.17) is 0 Å². The predicted molar refractivity (Wildman–Crippen MR) is 68.2 cm³/mol. The van der Waals surface area contributed by atoms with E-state index in [2.05, 4.69) is 19.5 Å². The molecule has 0 fully saturated rings. The van der Waals surface area contributed by atoms with E-state index in [0.29, 0.717) is 0 Å². The van der Waals surface area contributed by atoms with Gasteiger partial charge in [-0.2, -0.15) is 18.2 Å². The van der Waals surface area contributed by atoms with Gasteiger partial charge in [0, 0.05) is 12.6 Å². The van der Waals surface area contributed by atoms with Gasteiger partial charge in [-0.15, -0.1) is 0 Å². The first-order valence-electron chi connectivity index (χ1n) is 6.22. The van der Waals surface area contributed by atoms with Crippen LogP contribution in [0.1, 0.15) is 11.5 Å². The Morgan fingerprint density at radius 2 is 2.09 bits per heavy atom. The molecule has 0 radical (unpaired) electrons. The van der Waals surface area contributed by atoms with Gasteiger partial charge in [-0.1, -0.05) is 17.3 Å². The van der Waals surface area contributed by atoms with Gasteiger partial charge >= 0.3 is 12.1 Å². The lowest BCUT2D eigenvalue weighted by molar-refractivity contribution is -0.167. The van der Waals surface area contributed by atoms with Crippen molar-refractivity contribution in [1.82, 2.24) is 15.2 Å². The van der Waals surface area contributed by atoms with Gasteiger partial charge in [0.2, 0.25) is 11.7 Å². The van der Waals surface area contributed by atoms with E-state index in [1.165, 1.54) is 26.3 Å². The molecule has 0 aliphatic carbocycles. The molecule has 0 saturated heterocycles. The Balaban J connectivity index is 2.22. The quantitative estimate of drug-likeness (QED) is 0.635. The molecule has 0 aliphatic heterocycles. The molecule has 0 spiro atoms. The minimum absolute atomic E-state index is 0.00181. The molecule has 124 valence electrons. The standard InChI is InChI=1S/C13H11F4N3O3/c1-20(22-2)10(21)6-7-3-4-8(5-9(7)14)11-18-12(23-19-11)13(15,16)17/h3-5H,6H2,1-2H3. The zero-order chi connectivity index (χ0) is 17.2. The van der Waals surface area contributed by atoms with Crippen LogP contribution in [-0.4, -0.2) is 35.3 Å². The Bertz CT molecular complexity index is 715. The molecule has 0 atom stereocenters. The van der Waals surface area contributed by atoms with Gasteiger partial charge in [0.25, 0.3) is 0 Å². The number of hydrogen-bond acceptors (Lipinski definition) is 5. The zero-order valence-corrected chi connectivity index (χ0v) is 12.0. The van der Waals surface area contributed by atoms with Crippen molar-refractivity contribution in [3.63, 3.8) is 0 Å². The van der Waals surface area contributed by atoms with E-state index in [0.717, 1.165) is 11.1 Å². The van der Waals surface area contributed by atoms with Crippen molar-refractivity contribution in [2.24, 2.45) is 0 Å². The topological polar surface area (TPSA) is 68.5 Å². The molecule has 2 rings (SSSR count). The first-order valence-corrected chi connectivity index (χ1v) is 6.22. The Morgan fingerprint density at radius 1 is 1.39 bits per heavy atom. The normalized spacial score (nSPS) is 11.6. The van der Waals surface area contributed by atoms with E-state index in [9.17, 15) is 22.4 Å². The van der Waals surface area contributed by atoms with Crippen LogP contribution in [-0.2, 0) is 22.2 Å². The number of nitrogens with zero attached hydrogens (tertiary/aromatic N) is 3. The average molecular weight is 333 g/mol. The van der Waals surface area contributed by atoms with E-state index >= 15 is 0 Å². The maximum Gasteiger partial charge on any atom is 0.471 e. The van der Waals surface area contributed by atoms with Crippen molar-refractivity contribution < 1.29 is 31.7 Å². The second-order valence-electron chi connectivity index (χ2n) is 4.48. The summed E-state index contributed by atoms with van der Waals surface area (Å²) in [5, 5.41) is 4.09. The number of amides is 1. The van der Waals surface area contributed by atoms with Crippen molar-refractivity contribution in [1.29, 1.82) is 0 Å². The Kier molecular flexibility index (Phi) is 4.64. The number of carbonyl (C=O) groups excluding carboxylic acids is 1. The first-order chi connectivity index (χ1) is 10.7. The number of hydroxylamine groups is 2. The number of aromatic nitrogens is 2. The van der Waals surface area contributed by atoms with Crippen LogP contribution in [0.25, 0.3) is 11.4 Å². The summed E-state index contributed by atoms with van der Waals surface area (Å²) >= 11 is 0. The van der Waals surface area contributed by atoms with Crippen molar-refractivity contribution in [3.8, 4) is 11.4 Å². The SMILES string of the molecule is CON(C)C(=O)Cc1ccc(-c2noc(C(F)(F)F)n2)cc1F. The number of rotatable bonds is 4. The number of hydrogen-bond donors (Lipinski definition) is 0. The molecule has 0 unspecified atom stereocenters. The molecule has 0 aliphatic rings. The summed E-state index contributed by atoms with van der Waals surface area (Å²) < 4.78 is 55.2. The second kappa shape index (κ2) is 6.32. The highest BCUT2D eigenvalue weighted by Crippen LogP contribution is 2.29. The van der Waals surface area contributed by atoms with Crippen LogP contribution in [0.3, 0.4) is 0 Å². The lowest BCUT2D eigenvalue weighted by Gasteiger charge is -2.13. The number of likely N-dealkylation sites (N-methyl/N-ethyl adjacent to an activating group) is 1. The van der Waals surface area contributed by atoms with Gasteiger partial charge in [-0.25, -0.2) is 9.45 Å². The van der Waals surface area contributed by atoms with Crippen molar-refractivity contribution in [2.75, 3.05) is 14.2 Å². The third-order valence-corrected chi connectivity index (χ3v) is 2.95. The minimum atomic E-state index is -4.78. The van der Waals surface area contributed by atoms with E-state index in [-0.39, 0.29) is 17.5 Å². The fourth-order valence-electron chi connectivity index (χ4n) is 1.66. The van der Waals surface area contributed by atoms with E-state index in [1.54, 1.807) is 0 Å². The molecular weight excluding hydrogens is 322 g/mol. The van der Waals surface area contributed by atoms with Crippen LogP contribution in [0, 0.1) is 5.82 Å². The van der Waals surface area contributed by atoms with Crippen LogP contribution in [0.15, 0.2) is 22.7 Å². The maximum atomic E-state index is 14.0. The largest absolute Gasteiger partial charge is 0.471 e. The van der Waals surface area contributed by atoms with E-state index in [1.807, 2.05) is 0 Å². The summed E-state index contributed by atoms with van der Waals surface area (Å²) in [7, 11) is 2.65. The molecule has 1 aromatic heterocycles. The average Bonchev–Trinajstić information content (AvgIpc) is 2.98. The Morgan fingerprint density at radius 3 is 2.61 bits per heavy atom. The highest BCUT2D eigenvalue weighted by molar-refractivity contribution is 5.77. The van der Waals surface area contributed by atoms with Gasteiger partial charge in [-0.05, 0) is 11.6 Å². The molecule has 10 heteroatoms. The summed E-state index contributed by atoms with van der Waals surface area (Å²) in [6, 6.07) is 3.49. The molecule has 6 nitrogen and oxygen atoms in total. The minimum Gasteiger partial charge on any atom is -0.329 e. The van der Waals surface area contributed by atoms with Crippen LogP contribution < -0.4 is 0 Å². The van der Waals surface area contributed by atoms with Crippen molar-refractivity contribution >= 4 is 5.91 Å². The smallest absolute Gasteiger partial charge is 0.329 e. The number of benzene rings is 1. The van der Waals surface area contributed by atoms with Crippen LogP contribution in [0.5, 0.6) is 0 Å². The predicted octanol–water partition coefficient (Wildman–Crippen LogP) is 2.46. The van der Waals surface area contributed by atoms with Crippen LogP contribution in [0.4, 0.5) is 17.6 Å². The molecule has 0 saturated carbocycles. The fourth-order valence-corrected chi connectivity index (χ4v) is 1.66. The van der Waals surface area contributed by atoms with Crippen LogP contribution in [0.2, 0.25) is 0 Å². The monoisotopic (exact) mass is 333 g/mol. The molecule has 2 aromatic rings. The van der Waals surface area contributed by atoms with Gasteiger partial charge in [0.05, 0.1) is 13.5 Å². The number of alkyl halides is 3. The third kappa shape index (κ3) is 3.83. The second-order valence-corrected chi connectivity index (χ2v) is 4.48. The Hall–Kier alpha value is -2.49. The fraction of sp³-hybridized carbons (Fsp3) is 0.308. The zero-order valence-electron chi connectivity index (χ0n) is 12.0. The molecule has 1 aromatic carbocycles. The Labute approximate surface area is 127 Å². The first kappa shape index (κ1) is 16.9. The lowest BCUT2D eigenvalue weighted by atomic mass is 10.1. The summed E-state index contributed by atoms with van der Waals surface area (Å²) in [6.45, 7) is 0. The summed E-state index contributed by atoms with van der Waals surface area (Å²) in [5.74, 6) is -3.19. The molecule has 0 N–H and O–H groups in total. The maximum absolute atomic E-state index is 14.0. The van der Waals surface area contributed by atoms with Gasteiger partial charge in [0.15, 0.2) is 0 Å². The highest BCUT2D eigenvalue weighted by Gasteiger charge is 2.38. The molecule has 0 bridgehead atoms. The van der Waals surface area contributed by atoms with Crippen LogP contribution >= 0.6 is 0 Å². The highest BCUT2D eigenvalue weighted by atomic mass is 19.4. The van der Waals surface area contributed by atoms with Gasteiger partial charge < -0.3 is 4.52 Å². The summed E-state index contributed by atoms with van der Waals surface area (Å²) in [4.78, 5) is 19.5. The van der Waals surface area contributed by atoms with Gasteiger partial charge in [0.1, 0.15) is 5.82 Å². The lowest BCUT2D eigenvalue weighted by Crippen LogP contribution is -2.27. The molecular formula is C13H11F4N3O3. The van der Waals surface area contributed by atoms with Crippen molar-refractivity contribution in [3.05, 3.63) is 35.5 Å². The third-order valence-electron chi connectivity index (χ3n) is 2.95. The summed E-state index contributed by atoms with van der Waals surface area (Å²) in [5.41, 5.74) is 0.0558. The number of halogens is 4. The van der Waals surface area contributed by atoms with Gasteiger partial charge in [-0.3, -0.25) is 9.63 Å². The molecule has 23 heavy (non-hydrogen) atoms. The summed E-state index contributed by atoms with van der Waals surface area (Å²) in [6.07, 6.45) is -5.04. The molecule has 1 amide bonds. The van der Waals surface area contributed by atoms with E-state index < -0.39 is 29.6 Å². The molecule has 1 heterocycles. The van der Waals surface area contributed by atoms with Crippen molar-refractivity contribution in [2.45, 2.75) is 12.6 Å². The number of carbonyl (C=O) groups is 1.